The van der Waals surface area contributed by atoms with Gasteiger partial charge >= 0.3 is 0 Å². The Morgan fingerprint density at radius 3 is 2.83 bits per heavy atom. The van der Waals surface area contributed by atoms with Crippen molar-refractivity contribution in [3.05, 3.63) is 33.6 Å². The van der Waals surface area contributed by atoms with E-state index in [9.17, 15) is 8.42 Å². The van der Waals surface area contributed by atoms with Gasteiger partial charge in [-0.05, 0) is 24.8 Å². The van der Waals surface area contributed by atoms with Crippen molar-refractivity contribution in [1.82, 2.24) is 9.71 Å². The van der Waals surface area contributed by atoms with Gasteiger partial charge in [-0.25, -0.2) is 18.1 Å². The van der Waals surface area contributed by atoms with E-state index in [1.165, 1.54) is 11.3 Å². The molecule has 0 radical (unpaired) electrons. The lowest BCUT2D eigenvalue weighted by Crippen LogP contribution is -2.24. The molecule has 2 aromatic rings. The Kier molecular flexibility index (Phi) is 4.50. The summed E-state index contributed by atoms with van der Waals surface area (Å²) in [6.45, 7) is 2.40. The van der Waals surface area contributed by atoms with Crippen LogP contribution in [0.25, 0.3) is 0 Å². The highest BCUT2D eigenvalue weighted by Crippen LogP contribution is 2.15. The minimum absolute atomic E-state index is 0.368. The molecule has 18 heavy (non-hydrogen) atoms. The number of hydrogen-bond acceptors (Lipinski definition) is 5. The highest BCUT2D eigenvalue weighted by molar-refractivity contribution is 7.91. The number of aromatic nitrogens is 1. The molecule has 0 bridgehead atoms. The number of aryl methyl sites for hydroxylation is 2. The van der Waals surface area contributed by atoms with E-state index in [4.69, 9.17) is 0 Å². The van der Waals surface area contributed by atoms with Gasteiger partial charge in [0, 0.05) is 24.0 Å². The molecule has 1 N–H and O–H groups in total. The monoisotopic (exact) mass is 302 g/mol. The molecule has 4 nitrogen and oxygen atoms in total. The van der Waals surface area contributed by atoms with Crippen LogP contribution in [0.4, 0.5) is 0 Å². The van der Waals surface area contributed by atoms with Crippen molar-refractivity contribution in [3.63, 3.8) is 0 Å². The molecule has 2 heterocycles. The van der Waals surface area contributed by atoms with Crippen molar-refractivity contribution in [2.24, 2.45) is 0 Å². The van der Waals surface area contributed by atoms with Crippen LogP contribution in [0, 0.1) is 6.92 Å². The third kappa shape index (κ3) is 3.61. The maximum atomic E-state index is 11.8. The molecule has 0 aromatic carbocycles. The Balaban J connectivity index is 1.79. The highest BCUT2D eigenvalue weighted by Gasteiger charge is 2.13. The van der Waals surface area contributed by atoms with Crippen molar-refractivity contribution in [2.75, 3.05) is 6.54 Å². The molecule has 7 heteroatoms. The zero-order valence-electron chi connectivity index (χ0n) is 9.92. The van der Waals surface area contributed by atoms with Crippen LogP contribution in [-0.4, -0.2) is 19.9 Å². The highest BCUT2D eigenvalue weighted by atomic mass is 32.2. The van der Waals surface area contributed by atoms with Crippen molar-refractivity contribution >= 4 is 32.7 Å². The number of nitrogens with zero attached hydrogens (tertiary/aromatic N) is 1. The molecule has 0 spiro atoms. The first kappa shape index (κ1) is 13.7. The lowest BCUT2D eigenvalue weighted by Gasteiger charge is -2.03. The summed E-state index contributed by atoms with van der Waals surface area (Å²) >= 11 is 2.85. The van der Waals surface area contributed by atoms with E-state index in [2.05, 4.69) is 9.71 Å². The predicted molar refractivity (Wildman–Crippen MR) is 74.7 cm³/mol. The van der Waals surface area contributed by atoms with E-state index in [-0.39, 0.29) is 0 Å². The quantitative estimate of drug-likeness (QED) is 0.834. The molecule has 0 aliphatic heterocycles. The first-order valence-corrected chi connectivity index (χ1v) is 8.76. The topological polar surface area (TPSA) is 59.1 Å². The van der Waals surface area contributed by atoms with Gasteiger partial charge in [0.25, 0.3) is 0 Å². The number of nitrogens with one attached hydrogen (secondary N) is 1. The second-order valence-electron chi connectivity index (χ2n) is 3.82. The summed E-state index contributed by atoms with van der Waals surface area (Å²) in [7, 11) is -3.31. The van der Waals surface area contributed by atoms with Gasteiger partial charge in [0.2, 0.25) is 10.0 Å². The Labute approximate surface area is 115 Å². The molecule has 0 atom stereocenters. The largest absolute Gasteiger partial charge is 0.250 e. The van der Waals surface area contributed by atoms with Crippen LogP contribution in [0.1, 0.15) is 17.1 Å². The number of hydrogen-bond donors (Lipinski definition) is 1. The van der Waals surface area contributed by atoms with Gasteiger partial charge in [-0.2, -0.15) is 0 Å². The molecular formula is C11H14N2O2S3. The lowest BCUT2D eigenvalue weighted by atomic mass is 10.3. The minimum atomic E-state index is -3.31. The number of thiophene rings is 1. The number of sulfonamides is 1. The summed E-state index contributed by atoms with van der Waals surface area (Å²) in [5, 5.41) is 4.82. The zero-order chi connectivity index (χ0) is 13.0. The minimum Gasteiger partial charge on any atom is -0.247 e. The third-order valence-corrected chi connectivity index (χ3v) is 6.17. The molecule has 0 saturated heterocycles. The lowest BCUT2D eigenvalue weighted by molar-refractivity contribution is 0.581. The molecule has 2 rings (SSSR count). The normalized spacial score (nSPS) is 11.8. The Hall–Kier alpha value is -0.760. The fourth-order valence-corrected chi connectivity index (χ4v) is 4.38. The summed E-state index contributed by atoms with van der Waals surface area (Å²) in [6.07, 6.45) is 1.57. The predicted octanol–water partition coefficient (Wildman–Crippen LogP) is 2.42. The standard InChI is InChI=1S/C11H14N2O2S3/c1-9-8-17-10(13-9)4-2-6-12-18(14,15)11-5-3-7-16-11/h3,5,7-8,12H,2,4,6H2,1H3. The molecule has 0 aliphatic carbocycles. The second-order valence-corrected chi connectivity index (χ2v) is 7.70. The van der Waals surface area contributed by atoms with Crippen molar-refractivity contribution in [2.45, 2.75) is 24.0 Å². The van der Waals surface area contributed by atoms with E-state index in [1.54, 1.807) is 28.8 Å². The average molecular weight is 302 g/mol. The van der Waals surface area contributed by atoms with Crippen LogP contribution in [-0.2, 0) is 16.4 Å². The van der Waals surface area contributed by atoms with Gasteiger partial charge in [-0.15, -0.1) is 22.7 Å². The first-order chi connectivity index (χ1) is 8.58. The molecule has 2 aromatic heterocycles. The van der Waals surface area contributed by atoms with Crippen LogP contribution in [0.15, 0.2) is 27.1 Å². The third-order valence-electron chi connectivity index (χ3n) is 2.29. The SMILES string of the molecule is Cc1csc(CCCNS(=O)(=O)c2cccs2)n1. The van der Waals surface area contributed by atoms with Gasteiger partial charge in [0.05, 0.1) is 5.01 Å². The maximum Gasteiger partial charge on any atom is 0.250 e. The summed E-state index contributed by atoms with van der Waals surface area (Å²) in [5.41, 5.74) is 1.02. The van der Waals surface area contributed by atoms with Crippen LogP contribution < -0.4 is 4.72 Å². The fraction of sp³-hybridized carbons (Fsp3) is 0.364. The molecule has 0 fully saturated rings. The van der Waals surface area contributed by atoms with Gasteiger partial charge in [0.1, 0.15) is 4.21 Å². The van der Waals surface area contributed by atoms with E-state index in [0.29, 0.717) is 10.8 Å². The number of thiazole rings is 1. The number of rotatable bonds is 6. The van der Waals surface area contributed by atoms with Gasteiger partial charge in [0.15, 0.2) is 0 Å². The second kappa shape index (κ2) is 5.92. The van der Waals surface area contributed by atoms with Gasteiger partial charge in [-0.1, -0.05) is 6.07 Å². The average Bonchev–Trinajstić information content (AvgIpc) is 2.95. The van der Waals surface area contributed by atoms with Gasteiger partial charge < -0.3 is 0 Å². The first-order valence-electron chi connectivity index (χ1n) is 5.52. The summed E-state index contributed by atoms with van der Waals surface area (Å²) < 4.78 is 26.6. The van der Waals surface area contributed by atoms with Crippen molar-refractivity contribution < 1.29 is 8.42 Å². The Morgan fingerprint density at radius 2 is 2.22 bits per heavy atom. The van der Waals surface area contributed by atoms with E-state index in [1.807, 2.05) is 12.3 Å². The van der Waals surface area contributed by atoms with Crippen LogP contribution in [0.2, 0.25) is 0 Å². The summed E-state index contributed by atoms with van der Waals surface area (Å²) in [5.74, 6) is 0. The van der Waals surface area contributed by atoms with E-state index >= 15 is 0 Å². The smallest absolute Gasteiger partial charge is 0.247 e. The summed E-state index contributed by atoms with van der Waals surface area (Å²) in [6, 6.07) is 3.34. The zero-order valence-corrected chi connectivity index (χ0v) is 12.4. The van der Waals surface area contributed by atoms with Crippen LogP contribution >= 0.6 is 22.7 Å². The molecule has 0 amide bonds. The Morgan fingerprint density at radius 1 is 1.39 bits per heavy atom. The summed E-state index contributed by atoms with van der Waals surface area (Å²) in [4.78, 5) is 4.34. The fourth-order valence-electron chi connectivity index (χ4n) is 1.45. The molecule has 0 unspecified atom stereocenters. The molecule has 0 saturated carbocycles. The van der Waals surface area contributed by atoms with E-state index in [0.717, 1.165) is 23.5 Å². The van der Waals surface area contributed by atoms with Crippen LogP contribution in [0.3, 0.4) is 0 Å². The molecular weight excluding hydrogens is 288 g/mol. The molecule has 0 aliphatic rings. The van der Waals surface area contributed by atoms with Gasteiger partial charge in [-0.3, -0.25) is 0 Å². The molecule has 98 valence electrons. The van der Waals surface area contributed by atoms with Crippen molar-refractivity contribution in [1.29, 1.82) is 0 Å². The van der Waals surface area contributed by atoms with E-state index < -0.39 is 10.0 Å². The van der Waals surface area contributed by atoms with Crippen molar-refractivity contribution in [3.8, 4) is 0 Å². The van der Waals surface area contributed by atoms with Crippen LogP contribution in [0.5, 0.6) is 0 Å². The Bertz CT molecular complexity index is 588. The maximum absolute atomic E-state index is 11.8.